The minimum Gasteiger partial charge on any atom is -0.493 e. The third-order valence-corrected chi connectivity index (χ3v) is 4.25. The van der Waals surface area contributed by atoms with Crippen LogP contribution in [0.2, 0.25) is 0 Å². The lowest BCUT2D eigenvalue weighted by Gasteiger charge is -2.10. The number of methoxy groups -OCH3 is 2. The summed E-state index contributed by atoms with van der Waals surface area (Å²) in [6.45, 7) is 2.17. The summed E-state index contributed by atoms with van der Waals surface area (Å²) < 4.78 is 29.4. The van der Waals surface area contributed by atoms with Crippen molar-refractivity contribution in [3.8, 4) is 11.5 Å². The summed E-state index contributed by atoms with van der Waals surface area (Å²) >= 11 is 0. The molecule has 3 aromatic rings. The third-order valence-electron chi connectivity index (χ3n) is 4.25. The Hall–Kier alpha value is -3.02. The number of carbonyl (C=O) groups is 1. The number of rotatable bonds is 6. The van der Waals surface area contributed by atoms with E-state index in [9.17, 15) is 9.18 Å². The van der Waals surface area contributed by atoms with Crippen molar-refractivity contribution in [2.75, 3.05) is 20.8 Å². The molecule has 1 aromatic heterocycles. The molecule has 26 heavy (non-hydrogen) atoms. The molecule has 0 fully saturated rings. The highest BCUT2D eigenvalue weighted by Gasteiger charge is 2.17. The molecule has 0 radical (unpaired) electrons. The van der Waals surface area contributed by atoms with E-state index in [2.05, 4.69) is 5.32 Å². The molecule has 136 valence electrons. The van der Waals surface area contributed by atoms with Crippen molar-refractivity contribution < 1.29 is 23.1 Å². The average molecular weight is 357 g/mol. The molecule has 3 rings (SSSR count). The van der Waals surface area contributed by atoms with Crippen LogP contribution in [0.4, 0.5) is 4.39 Å². The Morgan fingerprint density at radius 1 is 1.12 bits per heavy atom. The van der Waals surface area contributed by atoms with Gasteiger partial charge in [0.25, 0.3) is 5.91 Å². The fourth-order valence-corrected chi connectivity index (χ4v) is 2.85. The van der Waals surface area contributed by atoms with Crippen molar-refractivity contribution >= 4 is 16.9 Å². The Balaban J connectivity index is 1.67. The molecule has 5 nitrogen and oxygen atoms in total. The molecule has 0 aliphatic carbocycles. The van der Waals surface area contributed by atoms with Crippen LogP contribution in [0.15, 0.2) is 40.8 Å². The number of ether oxygens (including phenoxy) is 2. The van der Waals surface area contributed by atoms with Crippen molar-refractivity contribution in [1.82, 2.24) is 5.32 Å². The number of carbonyl (C=O) groups excluding carboxylic acids is 1. The third kappa shape index (κ3) is 3.49. The maximum atomic E-state index is 13.4. The molecule has 0 aliphatic heterocycles. The molecule has 0 aliphatic rings. The summed E-state index contributed by atoms with van der Waals surface area (Å²) in [5.74, 6) is 0.830. The SMILES string of the molecule is COc1ccc(CCNC(=O)c2oc3ccc(F)cc3c2C)cc1OC. The van der Waals surface area contributed by atoms with Gasteiger partial charge in [0.2, 0.25) is 0 Å². The average Bonchev–Trinajstić information content (AvgIpc) is 2.97. The first-order valence-electron chi connectivity index (χ1n) is 8.21. The monoisotopic (exact) mass is 357 g/mol. The van der Waals surface area contributed by atoms with E-state index in [1.807, 2.05) is 18.2 Å². The summed E-state index contributed by atoms with van der Waals surface area (Å²) in [5, 5.41) is 3.44. The fraction of sp³-hybridized carbons (Fsp3) is 0.250. The van der Waals surface area contributed by atoms with E-state index in [1.54, 1.807) is 21.1 Å². The first-order chi connectivity index (χ1) is 12.5. The second kappa shape index (κ2) is 7.47. The van der Waals surface area contributed by atoms with Crippen LogP contribution < -0.4 is 14.8 Å². The number of benzene rings is 2. The topological polar surface area (TPSA) is 60.7 Å². The van der Waals surface area contributed by atoms with Crippen LogP contribution in [-0.4, -0.2) is 26.7 Å². The van der Waals surface area contributed by atoms with Crippen molar-refractivity contribution in [2.45, 2.75) is 13.3 Å². The van der Waals surface area contributed by atoms with E-state index in [-0.39, 0.29) is 17.5 Å². The molecule has 0 spiro atoms. The number of halogens is 1. The summed E-state index contributed by atoms with van der Waals surface area (Å²) in [6.07, 6.45) is 0.625. The van der Waals surface area contributed by atoms with E-state index in [4.69, 9.17) is 13.9 Å². The van der Waals surface area contributed by atoms with E-state index in [0.29, 0.717) is 41.0 Å². The van der Waals surface area contributed by atoms with Gasteiger partial charge in [0.15, 0.2) is 17.3 Å². The fourth-order valence-electron chi connectivity index (χ4n) is 2.85. The zero-order valence-electron chi connectivity index (χ0n) is 14.9. The Morgan fingerprint density at radius 3 is 2.62 bits per heavy atom. The molecule has 2 aromatic carbocycles. The van der Waals surface area contributed by atoms with Gasteiger partial charge in [-0.3, -0.25) is 4.79 Å². The Labute approximate surface area is 150 Å². The van der Waals surface area contributed by atoms with Gasteiger partial charge in [-0.2, -0.15) is 0 Å². The van der Waals surface area contributed by atoms with Crippen LogP contribution in [-0.2, 0) is 6.42 Å². The number of fused-ring (bicyclic) bond motifs is 1. The molecule has 1 heterocycles. The molecule has 0 unspecified atom stereocenters. The molecule has 0 saturated carbocycles. The van der Waals surface area contributed by atoms with Crippen LogP contribution in [0.5, 0.6) is 11.5 Å². The Bertz CT molecular complexity index is 948. The van der Waals surface area contributed by atoms with Gasteiger partial charge >= 0.3 is 0 Å². The number of nitrogens with one attached hydrogen (secondary N) is 1. The number of aryl methyl sites for hydroxylation is 1. The van der Waals surface area contributed by atoms with Gasteiger partial charge in [-0.15, -0.1) is 0 Å². The molecule has 0 atom stereocenters. The lowest BCUT2D eigenvalue weighted by Crippen LogP contribution is -2.25. The number of hydrogen-bond acceptors (Lipinski definition) is 4. The van der Waals surface area contributed by atoms with E-state index >= 15 is 0 Å². The van der Waals surface area contributed by atoms with Crippen molar-refractivity contribution in [3.63, 3.8) is 0 Å². The van der Waals surface area contributed by atoms with Gasteiger partial charge in [-0.25, -0.2) is 4.39 Å². The van der Waals surface area contributed by atoms with Gasteiger partial charge in [0, 0.05) is 17.5 Å². The normalized spacial score (nSPS) is 10.8. The number of hydrogen-bond donors (Lipinski definition) is 1. The van der Waals surface area contributed by atoms with Crippen LogP contribution in [0.1, 0.15) is 21.7 Å². The van der Waals surface area contributed by atoms with Crippen LogP contribution in [0, 0.1) is 12.7 Å². The lowest BCUT2D eigenvalue weighted by molar-refractivity contribution is 0.0928. The van der Waals surface area contributed by atoms with Gasteiger partial charge in [0.05, 0.1) is 14.2 Å². The Kier molecular flexibility index (Phi) is 5.11. The first-order valence-corrected chi connectivity index (χ1v) is 8.21. The molecule has 0 bridgehead atoms. The van der Waals surface area contributed by atoms with Crippen molar-refractivity contribution in [1.29, 1.82) is 0 Å². The zero-order chi connectivity index (χ0) is 18.7. The second-order valence-corrected chi connectivity index (χ2v) is 5.89. The predicted molar refractivity (Wildman–Crippen MR) is 96.5 cm³/mol. The molecule has 0 saturated heterocycles. The maximum absolute atomic E-state index is 13.4. The quantitative estimate of drug-likeness (QED) is 0.727. The highest BCUT2D eigenvalue weighted by atomic mass is 19.1. The number of furan rings is 1. The van der Waals surface area contributed by atoms with Gasteiger partial charge in [-0.1, -0.05) is 6.07 Å². The molecular formula is C20H20FNO4. The van der Waals surface area contributed by atoms with Crippen LogP contribution in [0.25, 0.3) is 11.0 Å². The second-order valence-electron chi connectivity index (χ2n) is 5.89. The number of amides is 1. The lowest BCUT2D eigenvalue weighted by atomic mass is 10.1. The van der Waals surface area contributed by atoms with Crippen LogP contribution in [0.3, 0.4) is 0 Å². The molecular weight excluding hydrogens is 337 g/mol. The van der Waals surface area contributed by atoms with E-state index in [1.165, 1.54) is 18.2 Å². The van der Waals surface area contributed by atoms with Gasteiger partial charge in [-0.05, 0) is 49.2 Å². The van der Waals surface area contributed by atoms with Gasteiger partial charge in [0.1, 0.15) is 11.4 Å². The Morgan fingerprint density at radius 2 is 1.88 bits per heavy atom. The van der Waals surface area contributed by atoms with Crippen molar-refractivity contribution in [2.24, 2.45) is 0 Å². The van der Waals surface area contributed by atoms with E-state index in [0.717, 1.165) is 5.56 Å². The highest BCUT2D eigenvalue weighted by Crippen LogP contribution is 2.28. The minimum absolute atomic E-state index is 0.206. The molecule has 1 amide bonds. The summed E-state index contributed by atoms with van der Waals surface area (Å²) in [6, 6.07) is 9.83. The van der Waals surface area contributed by atoms with E-state index < -0.39 is 0 Å². The predicted octanol–water partition coefficient (Wildman–Crippen LogP) is 3.87. The van der Waals surface area contributed by atoms with Crippen LogP contribution >= 0.6 is 0 Å². The highest BCUT2D eigenvalue weighted by molar-refractivity contribution is 5.98. The first kappa shape index (κ1) is 17.8. The summed E-state index contributed by atoms with van der Waals surface area (Å²) in [4.78, 5) is 12.4. The summed E-state index contributed by atoms with van der Waals surface area (Å²) in [5.41, 5.74) is 2.13. The molecule has 1 N–H and O–H groups in total. The largest absolute Gasteiger partial charge is 0.493 e. The minimum atomic E-state index is -0.359. The molecule has 6 heteroatoms. The standard InChI is InChI=1S/C20H20FNO4/c1-12-15-11-14(21)5-7-16(15)26-19(12)20(23)22-9-8-13-4-6-17(24-2)18(10-13)25-3/h4-7,10-11H,8-9H2,1-3H3,(H,22,23). The summed E-state index contributed by atoms with van der Waals surface area (Å²) in [7, 11) is 3.16. The van der Waals surface area contributed by atoms with Gasteiger partial charge < -0.3 is 19.2 Å². The van der Waals surface area contributed by atoms with Crippen molar-refractivity contribution in [3.05, 3.63) is 59.1 Å². The maximum Gasteiger partial charge on any atom is 0.287 e. The smallest absolute Gasteiger partial charge is 0.287 e. The zero-order valence-corrected chi connectivity index (χ0v) is 14.9.